The number of rotatable bonds is 2. The molecule has 0 atom stereocenters. The van der Waals surface area contributed by atoms with Crippen LogP contribution >= 0.6 is 11.6 Å². The van der Waals surface area contributed by atoms with E-state index in [2.05, 4.69) is 11.8 Å². The Labute approximate surface area is 141 Å². The summed E-state index contributed by atoms with van der Waals surface area (Å²) in [5, 5.41) is 9.18. The van der Waals surface area contributed by atoms with Gasteiger partial charge >= 0.3 is 0 Å². The van der Waals surface area contributed by atoms with Crippen molar-refractivity contribution in [3.63, 3.8) is 0 Å². The van der Waals surface area contributed by atoms with E-state index in [1.165, 1.54) is 12.1 Å². The van der Waals surface area contributed by atoms with E-state index in [9.17, 15) is 8.42 Å². The molecule has 122 valence electrons. The van der Waals surface area contributed by atoms with Gasteiger partial charge in [-0.15, -0.1) is 0 Å². The molecule has 2 rings (SSSR count). The molecule has 0 heterocycles. The second-order valence-electron chi connectivity index (χ2n) is 4.57. The summed E-state index contributed by atoms with van der Waals surface area (Å²) in [7, 11) is -4.02. The van der Waals surface area contributed by atoms with Crippen LogP contribution in [0, 0.1) is 18.8 Å². The molecule has 0 unspecified atom stereocenters. The molecule has 2 aromatic rings. The average Bonchev–Trinajstić information content (AvgIpc) is 2.50. The normalized spacial score (nSPS) is 10.1. The molecular formula is C17H17ClO4S. The predicted octanol–water partition coefficient (Wildman–Crippen LogP) is 3.32. The minimum Gasteiger partial charge on any atom is -0.395 e. The molecule has 0 aromatic heterocycles. The maximum atomic E-state index is 10.5. The van der Waals surface area contributed by atoms with Crippen LogP contribution in [0.15, 0.2) is 53.4 Å². The monoisotopic (exact) mass is 352 g/mol. The predicted molar refractivity (Wildman–Crippen MR) is 91.0 cm³/mol. The van der Waals surface area contributed by atoms with Gasteiger partial charge < -0.3 is 5.11 Å². The first kappa shape index (κ1) is 19.2. The zero-order valence-corrected chi connectivity index (χ0v) is 14.1. The Bertz CT molecular complexity index is 770. The highest BCUT2D eigenvalue weighted by Gasteiger charge is 2.06. The third-order valence-electron chi connectivity index (χ3n) is 2.63. The highest BCUT2D eigenvalue weighted by Crippen LogP contribution is 2.09. The lowest BCUT2D eigenvalue weighted by Crippen LogP contribution is -1.96. The Balaban J connectivity index is 0.000000231. The summed E-state index contributed by atoms with van der Waals surface area (Å²) < 4.78 is 29.6. The van der Waals surface area contributed by atoms with Crippen LogP contribution in [-0.2, 0) is 10.1 Å². The smallest absolute Gasteiger partial charge is 0.294 e. The molecule has 0 amide bonds. The molecule has 0 saturated heterocycles. The Morgan fingerprint density at radius 3 is 2.09 bits per heavy atom. The first-order valence-electron chi connectivity index (χ1n) is 6.72. The standard InChI is InChI=1S/C10H9ClO.C7H8O3S/c11-10-6-4-9(5-7-10)3-1-2-8-12;1-6-2-4-7(5-3-6)11(8,9)10/h4-7,12H,2,8H2;2-5H,1H3,(H,8,9,10). The van der Waals surface area contributed by atoms with Crippen LogP contribution in [-0.4, -0.2) is 24.7 Å². The number of aliphatic hydroxyl groups excluding tert-OH is 1. The summed E-state index contributed by atoms with van der Waals surface area (Å²) in [5.74, 6) is 5.73. The molecule has 0 spiro atoms. The molecule has 2 aromatic carbocycles. The van der Waals surface area contributed by atoms with Crippen LogP contribution in [0.1, 0.15) is 17.5 Å². The van der Waals surface area contributed by atoms with E-state index in [1.807, 2.05) is 19.1 Å². The van der Waals surface area contributed by atoms with Gasteiger partial charge in [0.25, 0.3) is 10.1 Å². The van der Waals surface area contributed by atoms with Gasteiger partial charge in [-0.1, -0.05) is 41.1 Å². The number of aliphatic hydroxyl groups is 1. The Kier molecular flexibility index (Phi) is 7.79. The molecule has 2 N–H and O–H groups in total. The van der Waals surface area contributed by atoms with E-state index in [0.29, 0.717) is 11.4 Å². The molecule has 0 aliphatic heterocycles. The fraction of sp³-hybridized carbons (Fsp3) is 0.176. The van der Waals surface area contributed by atoms with Crippen molar-refractivity contribution in [1.82, 2.24) is 0 Å². The maximum absolute atomic E-state index is 10.5. The van der Waals surface area contributed by atoms with Crippen molar-refractivity contribution in [3.8, 4) is 11.8 Å². The second kappa shape index (κ2) is 9.33. The first-order valence-corrected chi connectivity index (χ1v) is 8.54. The SMILES string of the molecule is Cc1ccc(S(=O)(=O)O)cc1.OCCC#Cc1ccc(Cl)cc1. The van der Waals surface area contributed by atoms with Crippen molar-refractivity contribution >= 4 is 21.7 Å². The summed E-state index contributed by atoms with van der Waals surface area (Å²) >= 11 is 5.68. The molecule has 6 heteroatoms. The Morgan fingerprint density at radius 2 is 1.61 bits per heavy atom. The first-order chi connectivity index (χ1) is 10.8. The third-order valence-corrected chi connectivity index (χ3v) is 3.75. The summed E-state index contributed by atoms with van der Waals surface area (Å²) in [6.45, 7) is 1.95. The van der Waals surface area contributed by atoms with Gasteiger partial charge in [0.2, 0.25) is 0 Å². The maximum Gasteiger partial charge on any atom is 0.294 e. The zero-order valence-electron chi connectivity index (χ0n) is 12.5. The molecule has 0 bridgehead atoms. The van der Waals surface area contributed by atoms with Crippen molar-refractivity contribution in [3.05, 3.63) is 64.7 Å². The molecule has 4 nitrogen and oxygen atoms in total. The summed E-state index contributed by atoms with van der Waals surface area (Å²) in [4.78, 5) is -0.0666. The fourth-order valence-corrected chi connectivity index (χ4v) is 2.07. The lowest BCUT2D eigenvalue weighted by molar-refractivity contribution is 0.305. The fourth-order valence-electron chi connectivity index (χ4n) is 1.46. The Hall–Kier alpha value is -1.84. The van der Waals surface area contributed by atoms with Gasteiger partial charge in [0, 0.05) is 17.0 Å². The van der Waals surface area contributed by atoms with Gasteiger partial charge in [-0.25, -0.2) is 0 Å². The van der Waals surface area contributed by atoms with Gasteiger partial charge in [0.05, 0.1) is 11.5 Å². The summed E-state index contributed by atoms with van der Waals surface area (Å²) in [6.07, 6.45) is 0.516. The average molecular weight is 353 g/mol. The topological polar surface area (TPSA) is 74.6 Å². The minimum absolute atomic E-state index is 0.0666. The summed E-state index contributed by atoms with van der Waals surface area (Å²) in [5.41, 5.74) is 1.88. The van der Waals surface area contributed by atoms with Crippen LogP contribution in [0.5, 0.6) is 0 Å². The molecule has 0 aliphatic carbocycles. The van der Waals surface area contributed by atoms with Gasteiger partial charge in [-0.05, 0) is 43.3 Å². The number of halogens is 1. The largest absolute Gasteiger partial charge is 0.395 e. The van der Waals surface area contributed by atoms with Crippen molar-refractivity contribution < 1.29 is 18.1 Å². The van der Waals surface area contributed by atoms with Crippen molar-refractivity contribution in [2.45, 2.75) is 18.2 Å². The number of aryl methyl sites for hydroxylation is 1. The quantitative estimate of drug-likeness (QED) is 0.642. The number of hydrogen-bond donors (Lipinski definition) is 2. The van der Waals surface area contributed by atoms with Crippen molar-refractivity contribution in [2.24, 2.45) is 0 Å². The molecule has 23 heavy (non-hydrogen) atoms. The second-order valence-corrected chi connectivity index (χ2v) is 6.43. The molecular weight excluding hydrogens is 336 g/mol. The van der Waals surface area contributed by atoms with Crippen molar-refractivity contribution in [1.29, 1.82) is 0 Å². The van der Waals surface area contributed by atoms with Crippen LogP contribution in [0.4, 0.5) is 0 Å². The Morgan fingerprint density at radius 1 is 1.04 bits per heavy atom. The van der Waals surface area contributed by atoms with E-state index in [1.54, 1.807) is 24.3 Å². The molecule has 0 radical (unpaired) electrons. The highest BCUT2D eigenvalue weighted by molar-refractivity contribution is 7.85. The van der Waals surface area contributed by atoms with Crippen LogP contribution in [0.2, 0.25) is 5.02 Å². The van der Waals surface area contributed by atoms with Gasteiger partial charge in [-0.2, -0.15) is 8.42 Å². The lowest BCUT2D eigenvalue weighted by atomic mass is 10.2. The molecule has 0 saturated carbocycles. The van der Waals surface area contributed by atoms with Gasteiger partial charge in [-0.3, -0.25) is 4.55 Å². The van der Waals surface area contributed by atoms with E-state index in [-0.39, 0.29) is 11.5 Å². The van der Waals surface area contributed by atoms with E-state index < -0.39 is 10.1 Å². The zero-order chi connectivity index (χ0) is 17.3. The van der Waals surface area contributed by atoms with Crippen LogP contribution in [0.25, 0.3) is 0 Å². The van der Waals surface area contributed by atoms with Crippen molar-refractivity contribution in [2.75, 3.05) is 6.61 Å². The van der Waals surface area contributed by atoms with Crippen LogP contribution in [0.3, 0.4) is 0 Å². The van der Waals surface area contributed by atoms with E-state index in [0.717, 1.165) is 11.1 Å². The highest BCUT2D eigenvalue weighted by atomic mass is 35.5. The summed E-state index contributed by atoms with van der Waals surface area (Å²) in [6, 6.07) is 13.3. The van der Waals surface area contributed by atoms with Gasteiger partial charge in [0.1, 0.15) is 0 Å². The van der Waals surface area contributed by atoms with Crippen LogP contribution < -0.4 is 0 Å². The molecule has 0 fully saturated rings. The number of benzene rings is 2. The third kappa shape index (κ3) is 7.82. The number of hydrogen-bond acceptors (Lipinski definition) is 3. The molecule has 0 aliphatic rings. The van der Waals surface area contributed by atoms with Gasteiger partial charge in [0.15, 0.2) is 0 Å². The minimum atomic E-state index is -4.02. The van der Waals surface area contributed by atoms with E-state index >= 15 is 0 Å². The van der Waals surface area contributed by atoms with E-state index in [4.69, 9.17) is 21.3 Å². The lowest BCUT2D eigenvalue weighted by Gasteiger charge is -1.95.